The smallest absolute Gasteiger partial charge is 0.240 e. The Morgan fingerprint density at radius 3 is 2.55 bits per heavy atom. The predicted octanol–water partition coefficient (Wildman–Crippen LogP) is 1.65. The van der Waals surface area contributed by atoms with Gasteiger partial charge in [0.2, 0.25) is 10.0 Å². The van der Waals surface area contributed by atoms with Gasteiger partial charge in [-0.3, -0.25) is 0 Å². The average molecular weight is 305 g/mol. The van der Waals surface area contributed by atoms with Crippen molar-refractivity contribution in [2.24, 2.45) is 11.8 Å². The van der Waals surface area contributed by atoms with Crippen molar-refractivity contribution in [1.82, 2.24) is 4.72 Å². The van der Waals surface area contributed by atoms with Crippen molar-refractivity contribution < 1.29 is 22.3 Å². The number of rotatable bonds is 5. The van der Waals surface area contributed by atoms with Gasteiger partial charge in [-0.1, -0.05) is 6.42 Å². The zero-order valence-corrected chi connectivity index (χ0v) is 11.7. The second kappa shape index (κ2) is 6.15. The Hall–Kier alpha value is -1.05. The summed E-state index contributed by atoms with van der Waals surface area (Å²) < 4.78 is 52.2. The zero-order valence-electron chi connectivity index (χ0n) is 10.9. The van der Waals surface area contributed by atoms with Crippen molar-refractivity contribution in [2.75, 3.05) is 13.2 Å². The number of benzene rings is 1. The fourth-order valence-electron chi connectivity index (χ4n) is 2.57. The quantitative estimate of drug-likeness (QED) is 0.869. The number of hydrogen-bond donors (Lipinski definition) is 2. The van der Waals surface area contributed by atoms with Gasteiger partial charge in [-0.05, 0) is 42.9 Å². The maximum Gasteiger partial charge on any atom is 0.240 e. The summed E-state index contributed by atoms with van der Waals surface area (Å²) in [4.78, 5) is -0.296. The second-order valence-electron chi connectivity index (χ2n) is 5.06. The van der Waals surface area contributed by atoms with E-state index in [9.17, 15) is 22.3 Å². The molecular formula is C13H17F2NO3S. The van der Waals surface area contributed by atoms with Crippen LogP contribution in [0.5, 0.6) is 0 Å². The topological polar surface area (TPSA) is 66.4 Å². The van der Waals surface area contributed by atoms with Crippen LogP contribution >= 0.6 is 0 Å². The highest BCUT2D eigenvalue weighted by atomic mass is 32.2. The maximum atomic E-state index is 13.1. The van der Waals surface area contributed by atoms with Gasteiger partial charge in [-0.15, -0.1) is 0 Å². The Morgan fingerprint density at radius 2 is 1.90 bits per heavy atom. The Morgan fingerprint density at radius 1 is 1.20 bits per heavy atom. The normalized spacial score (nSPS) is 23.1. The van der Waals surface area contributed by atoms with Gasteiger partial charge in [-0.25, -0.2) is 21.9 Å². The standard InChI is InChI=1S/C13H17F2NO3S/c14-12-5-4-11(6-13(12)15)20(18,19)16-7-9-2-1-3-10(9)8-17/h4-6,9-10,16-17H,1-3,7-8H2. The molecule has 1 aliphatic rings. The molecule has 2 N–H and O–H groups in total. The third-order valence-electron chi connectivity index (χ3n) is 3.79. The minimum Gasteiger partial charge on any atom is -0.396 e. The zero-order chi connectivity index (χ0) is 14.8. The summed E-state index contributed by atoms with van der Waals surface area (Å²) in [6.07, 6.45) is 2.70. The molecule has 1 fully saturated rings. The van der Waals surface area contributed by atoms with E-state index in [1.807, 2.05) is 0 Å². The summed E-state index contributed by atoms with van der Waals surface area (Å²) in [5, 5.41) is 9.18. The van der Waals surface area contributed by atoms with Gasteiger partial charge in [0.1, 0.15) is 0 Å². The third kappa shape index (κ3) is 3.34. The molecule has 1 aliphatic carbocycles. The SMILES string of the molecule is O=S(=O)(NCC1CCCC1CO)c1ccc(F)c(F)c1. The molecule has 0 radical (unpaired) electrons. The first kappa shape index (κ1) is 15.3. The Balaban J connectivity index is 2.05. The van der Waals surface area contributed by atoms with Crippen molar-refractivity contribution in [1.29, 1.82) is 0 Å². The number of nitrogens with one attached hydrogen (secondary N) is 1. The van der Waals surface area contributed by atoms with E-state index in [0.29, 0.717) is 6.07 Å². The maximum absolute atomic E-state index is 13.1. The summed E-state index contributed by atoms with van der Waals surface area (Å²) in [6.45, 7) is 0.240. The van der Waals surface area contributed by atoms with Gasteiger partial charge in [0.25, 0.3) is 0 Å². The molecule has 2 rings (SSSR count). The van der Waals surface area contributed by atoms with E-state index in [4.69, 9.17) is 0 Å². The first-order valence-corrected chi connectivity index (χ1v) is 7.98. The lowest BCUT2D eigenvalue weighted by Gasteiger charge is -2.17. The van der Waals surface area contributed by atoms with E-state index in [-0.39, 0.29) is 29.9 Å². The fourth-order valence-corrected chi connectivity index (χ4v) is 3.67. The fraction of sp³-hybridized carbons (Fsp3) is 0.538. The highest BCUT2D eigenvalue weighted by Crippen LogP contribution is 2.31. The first-order valence-electron chi connectivity index (χ1n) is 6.49. The molecule has 0 aliphatic heterocycles. The minimum atomic E-state index is -3.86. The minimum absolute atomic E-state index is 0.0393. The van der Waals surface area contributed by atoms with Crippen molar-refractivity contribution in [2.45, 2.75) is 24.2 Å². The second-order valence-corrected chi connectivity index (χ2v) is 6.83. The molecule has 0 saturated heterocycles. The van der Waals surface area contributed by atoms with Gasteiger partial charge >= 0.3 is 0 Å². The van der Waals surface area contributed by atoms with Crippen LogP contribution in [0.2, 0.25) is 0 Å². The van der Waals surface area contributed by atoms with E-state index < -0.39 is 21.7 Å². The molecular weight excluding hydrogens is 288 g/mol. The highest BCUT2D eigenvalue weighted by molar-refractivity contribution is 7.89. The van der Waals surface area contributed by atoms with Crippen LogP contribution in [-0.4, -0.2) is 26.7 Å². The van der Waals surface area contributed by atoms with Crippen LogP contribution < -0.4 is 4.72 Å². The van der Waals surface area contributed by atoms with E-state index in [1.165, 1.54) is 0 Å². The molecule has 0 spiro atoms. The molecule has 112 valence electrons. The van der Waals surface area contributed by atoms with Crippen LogP contribution in [0.4, 0.5) is 8.78 Å². The summed E-state index contributed by atoms with van der Waals surface area (Å²) >= 11 is 0. The van der Waals surface area contributed by atoms with Crippen molar-refractivity contribution in [3.05, 3.63) is 29.8 Å². The van der Waals surface area contributed by atoms with E-state index in [1.54, 1.807) is 0 Å². The van der Waals surface area contributed by atoms with Crippen LogP contribution in [0.1, 0.15) is 19.3 Å². The van der Waals surface area contributed by atoms with Crippen LogP contribution in [-0.2, 0) is 10.0 Å². The van der Waals surface area contributed by atoms with Crippen LogP contribution in [0, 0.1) is 23.5 Å². The van der Waals surface area contributed by atoms with E-state index >= 15 is 0 Å². The lowest BCUT2D eigenvalue weighted by atomic mass is 9.97. The lowest BCUT2D eigenvalue weighted by Crippen LogP contribution is -2.31. The van der Waals surface area contributed by atoms with Crippen molar-refractivity contribution >= 4 is 10.0 Å². The summed E-state index contributed by atoms with van der Waals surface area (Å²) in [5.74, 6) is -2.09. The number of aliphatic hydroxyl groups excluding tert-OH is 1. The molecule has 0 aromatic heterocycles. The molecule has 1 aromatic rings. The molecule has 1 aromatic carbocycles. The van der Waals surface area contributed by atoms with Crippen LogP contribution in [0.25, 0.3) is 0 Å². The Labute approximate surface area is 116 Å². The summed E-state index contributed by atoms with van der Waals surface area (Å²) in [5.41, 5.74) is 0. The van der Waals surface area contributed by atoms with Crippen LogP contribution in [0.15, 0.2) is 23.1 Å². The number of sulfonamides is 1. The van der Waals surface area contributed by atoms with Gasteiger partial charge in [-0.2, -0.15) is 0 Å². The molecule has 0 heterocycles. The lowest BCUT2D eigenvalue weighted by molar-refractivity contribution is 0.195. The van der Waals surface area contributed by atoms with Crippen LogP contribution in [0.3, 0.4) is 0 Å². The number of halogens is 2. The highest BCUT2D eigenvalue weighted by Gasteiger charge is 2.28. The van der Waals surface area contributed by atoms with Gasteiger partial charge in [0.15, 0.2) is 11.6 Å². The molecule has 20 heavy (non-hydrogen) atoms. The predicted molar refractivity (Wildman–Crippen MR) is 69.5 cm³/mol. The molecule has 2 atom stereocenters. The molecule has 0 bridgehead atoms. The largest absolute Gasteiger partial charge is 0.396 e. The molecule has 1 saturated carbocycles. The molecule has 0 amide bonds. The van der Waals surface area contributed by atoms with Gasteiger partial charge in [0, 0.05) is 13.2 Å². The monoisotopic (exact) mass is 305 g/mol. The van der Waals surface area contributed by atoms with E-state index in [2.05, 4.69) is 4.72 Å². The van der Waals surface area contributed by atoms with Gasteiger partial charge < -0.3 is 5.11 Å². The first-order chi connectivity index (χ1) is 9.44. The Bertz CT molecular complexity index is 577. The number of hydrogen-bond acceptors (Lipinski definition) is 3. The molecule has 4 nitrogen and oxygen atoms in total. The Kier molecular flexibility index (Phi) is 4.72. The van der Waals surface area contributed by atoms with E-state index in [0.717, 1.165) is 31.4 Å². The third-order valence-corrected chi connectivity index (χ3v) is 5.21. The summed E-state index contributed by atoms with van der Waals surface area (Å²) in [6, 6.07) is 2.48. The van der Waals surface area contributed by atoms with Crippen molar-refractivity contribution in [3.63, 3.8) is 0 Å². The van der Waals surface area contributed by atoms with Gasteiger partial charge in [0.05, 0.1) is 4.90 Å². The molecule has 2 unspecified atom stereocenters. The summed E-state index contributed by atoms with van der Waals surface area (Å²) in [7, 11) is -3.86. The average Bonchev–Trinajstić information content (AvgIpc) is 2.87. The molecule has 7 heteroatoms. The number of aliphatic hydroxyl groups is 1. The van der Waals surface area contributed by atoms with Crippen molar-refractivity contribution in [3.8, 4) is 0 Å².